The highest BCUT2D eigenvalue weighted by Gasteiger charge is 2.40. The number of carbonyl (C=O) groups excluding carboxylic acids is 1. The molecule has 0 spiro atoms. The normalized spacial score (nSPS) is 16.1. The zero-order chi connectivity index (χ0) is 16.7. The summed E-state index contributed by atoms with van der Waals surface area (Å²) in [7, 11) is 0. The van der Waals surface area contributed by atoms with Gasteiger partial charge in [0.25, 0.3) is 0 Å². The maximum Gasteiger partial charge on any atom is 0.490 e. The molecule has 5 nitrogen and oxygen atoms in total. The van der Waals surface area contributed by atoms with Crippen molar-refractivity contribution in [3.63, 3.8) is 0 Å². The summed E-state index contributed by atoms with van der Waals surface area (Å²) in [4.78, 5) is 12.9. The lowest BCUT2D eigenvalue weighted by molar-refractivity contribution is -0.201. The predicted molar refractivity (Wildman–Crippen MR) is 75.0 cm³/mol. The number of morpholine rings is 1. The monoisotopic (exact) mass is 333 g/mol. The Morgan fingerprint density at radius 2 is 1.91 bits per heavy atom. The van der Waals surface area contributed by atoms with Crippen LogP contribution in [-0.4, -0.2) is 56.5 Å². The van der Waals surface area contributed by atoms with Crippen molar-refractivity contribution >= 4 is 5.97 Å². The molecule has 23 heavy (non-hydrogen) atoms. The van der Waals surface area contributed by atoms with Crippen molar-refractivity contribution in [2.75, 3.05) is 39.5 Å². The van der Waals surface area contributed by atoms with Gasteiger partial charge in [0.15, 0.2) is 0 Å². The molecule has 1 aliphatic rings. The van der Waals surface area contributed by atoms with Crippen LogP contribution in [0.4, 0.5) is 13.2 Å². The molecule has 1 heterocycles. The Morgan fingerprint density at radius 3 is 2.61 bits per heavy atom. The van der Waals surface area contributed by atoms with Crippen molar-refractivity contribution in [3.05, 3.63) is 29.8 Å². The molecule has 0 amide bonds. The highest BCUT2D eigenvalue weighted by Crippen LogP contribution is 2.22. The third kappa shape index (κ3) is 5.72. The number of esters is 1. The zero-order valence-electron chi connectivity index (χ0n) is 12.5. The first-order chi connectivity index (χ1) is 11.0. The van der Waals surface area contributed by atoms with Gasteiger partial charge in [0.2, 0.25) is 0 Å². The molecule has 0 N–H and O–H groups in total. The summed E-state index contributed by atoms with van der Waals surface area (Å²) < 4.78 is 51.5. The summed E-state index contributed by atoms with van der Waals surface area (Å²) in [5.41, 5.74) is 0.395. The maximum atomic E-state index is 12.1. The largest absolute Gasteiger partial charge is 0.492 e. The third-order valence-corrected chi connectivity index (χ3v) is 3.33. The van der Waals surface area contributed by atoms with Gasteiger partial charge in [0.1, 0.15) is 19.0 Å². The standard InChI is InChI=1S/C15H18F3NO4/c16-15(17,18)14(20)23-11-12-3-1-2-4-13(12)22-10-7-19-5-8-21-9-6-19/h1-4H,5-11H2. The van der Waals surface area contributed by atoms with Gasteiger partial charge in [0.05, 0.1) is 13.2 Å². The van der Waals surface area contributed by atoms with Crippen LogP contribution in [-0.2, 0) is 20.9 Å². The summed E-state index contributed by atoms with van der Waals surface area (Å²) in [6.07, 6.45) is -4.99. The number of nitrogens with zero attached hydrogens (tertiary/aromatic N) is 1. The maximum absolute atomic E-state index is 12.1. The lowest BCUT2D eigenvalue weighted by Crippen LogP contribution is -2.38. The SMILES string of the molecule is O=C(OCc1ccccc1OCCN1CCOCC1)C(F)(F)F. The van der Waals surface area contributed by atoms with E-state index in [9.17, 15) is 18.0 Å². The van der Waals surface area contributed by atoms with Crippen molar-refractivity contribution in [1.29, 1.82) is 0 Å². The van der Waals surface area contributed by atoms with Crippen LogP contribution in [0.2, 0.25) is 0 Å². The Balaban J connectivity index is 1.83. The van der Waals surface area contributed by atoms with Crippen molar-refractivity contribution in [2.45, 2.75) is 12.8 Å². The number of halogens is 3. The van der Waals surface area contributed by atoms with Gasteiger partial charge < -0.3 is 14.2 Å². The van der Waals surface area contributed by atoms with E-state index < -0.39 is 18.8 Å². The Hall–Kier alpha value is -1.80. The summed E-state index contributed by atoms with van der Waals surface area (Å²) in [5, 5.41) is 0. The molecule has 0 radical (unpaired) electrons. The van der Waals surface area contributed by atoms with Crippen LogP contribution in [0, 0.1) is 0 Å². The van der Waals surface area contributed by atoms with Gasteiger partial charge in [-0.25, -0.2) is 4.79 Å². The van der Waals surface area contributed by atoms with E-state index in [2.05, 4.69) is 9.64 Å². The number of rotatable bonds is 6. The number of para-hydroxylation sites is 1. The lowest BCUT2D eigenvalue weighted by Gasteiger charge is -2.26. The Bertz CT molecular complexity index is 516. The van der Waals surface area contributed by atoms with E-state index in [1.807, 2.05) is 0 Å². The highest BCUT2D eigenvalue weighted by molar-refractivity contribution is 5.75. The van der Waals surface area contributed by atoms with Gasteiger partial charge in [-0.15, -0.1) is 0 Å². The van der Waals surface area contributed by atoms with Crippen LogP contribution in [0.1, 0.15) is 5.56 Å². The number of hydrogen-bond donors (Lipinski definition) is 0. The fourth-order valence-corrected chi connectivity index (χ4v) is 2.10. The van der Waals surface area contributed by atoms with Crippen LogP contribution >= 0.6 is 0 Å². The van der Waals surface area contributed by atoms with Gasteiger partial charge in [-0.05, 0) is 6.07 Å². The molecule has 0 bridgehead atoms. The summed E-state index contributed by atoms with van der Waals surface area (Å²) >= 11 is 0. The lowest BCUT2D eigenvalue weighted by atomic mass is 10.2. The second-order valence-electron chi connectivity index (χ2n) is 4.98. The smallest absolute Gasteiger partial charge is 0.490 e. The topological polar surface area (TPSA) is 48.0 Å². The van der Waals surface area contributed by atoms with E-state index in [1.165, 1.54) is 0 Å². The molecule has 1 aromatic carbocycles. The molecule has 0 aliphatic carbocycles. The summed E-state index contributed by atoms with van der Waals surface area (Å²) in [6, 6.07) is 6.55. The molecule has 1 aromatic rings. The predicted octanol–water partition coefficient (Wildman–Crippen LogP) is 2.00. The quantitative estimate of drug-likeness (QED) is 0.745. The average Bonchev–Trinajstić information content (AvgIpc) is 2.53. The van der Waals surface area contributed by atoms with Gasteiger partial charge in [-0.3, -0.25) is 4.90 Å². The number of hydrogen-bond acceptors (Lipinski definition) is 5. The molecule has 128 valence electrons. The summed E-state index contributed by atoms with van der Waals surface area (Å²) in [5.74, 6) is -1.80. The van der Waals surface area contributed by atoms with E-state index >= 15 is 0 Å². The molecule has 0 unspecified atom stereocenters. The number of carbonyl (C=O) groups is 1. The van der Waals surface area contributed by atoms with E-state index in [-0.39, 0.29) is 0 Å². The van der Waals surface area contributed by atoms with Crippen LogP contribution in [0.25, 0.3) is 0 Å². The Morgan fingerprint density at radius 1 is 1.22 bits per heavy atom. The van der Waals surface area contributed by atoms with Gasteiger partial charge in [-0.1, -0.05) is 18.2 Å². The second kappa shape index (κ2) is 8.16. The number of alkyl halides is 3. The molecule has 0 saturated carbocycles. The van der Waals surface area contributed by atoms with Gasteiger partial charge in [0, 0.05) is 25.2 Å². The molecule has 8 heteroatoms. The van der Waals surface area contributed by atoms with Crippen LogP contribution in [0.3, 0.4) is 0 Å². The van der Waals surface area contributed by atoms with E-state index in [0.29, 0.717) is 37.7 Å². The molecule has 0 aromatic heterocycles. The molecule has 1 aliphatic heterocycles. The van der Waals surface area contributed by atoms with Crippen LogP contribution in [0.15, 0.2) is 24.3 Å². The zero-order valence-corrected chi connectivity index (χ0v) is 12.5. The minimum Gasteiger partial charge on any atom is -0.492 e. The highest BCUT2D eigenvalue weighted by atomic mass is 19.4. The fourth-order valence-electron chi connectivity index (χ4n) is 2.10. The Labute approximate surface area is 131 Å². The first kappa shape index (κ1) is 17.6. The second-order valence-corrected chi connectivity index (χ2v) is 4.98. The average molecular weight is 333 g/mol. The van der Waals surface area contributed by atoms with Crippen molar-refractivity contribution in [2.24, 2.45) is 0 Å². The van der Waals surface area contributed by atoms with E-state index in [1.54, 1.807) is 24.3 Å². The first-order valence-electron chi connectivity index (χ1n) is 7.21. The fraction of sp³-hybridized carbons (Fsp3) is 0.533. The number of benzene rings is 1. The van der Waals surface area contributed by atoms with Crippen LogP contribution in [0.5, 0.6) is 5.75 Å². The molecule has 1 saturated heterocycles. The van der Waals surface area contributed by atoms with E-state index in [0.717, 1.165) is 13.1 Å². The van der Waals surface area contributed by atoms with Crippen LogP contribution < -0.4 is 4.74 Å². The van der Waals surface area contributed by atoms with Gasteiger partial charge >= 0.3 is 12.1 Å². The van der Waals surface area contributed by atoms with Crippen molar-refractivity contribution in [3.8, 4) is 5.75 Å². The molecule has 0 atom stereocenters. The Kier molecular flexibility index (Phi) is 6.23. The number of ether oxygens (including phenoxy) is 3. The molecular formula is C15H18F3NO4. The van der Waals surface area contributed by atoms with Crippen molar-refractivity contribution in [1.82, 2.24) is 4.90 Å². The molecular weight excluding hydrogens is 315 g/mol. The minimum atomic E-state index is -4.99. The van der Waals surface area contributed by atoms with E-state index in [4.69, 9.17) is 9.47 Å². The molecule has 2 rings (SSSR count). The van der Waals surface area contributed by atoms with Crippen molar-refractivity contribution < 1.29 is 32.2 Å². The first-order valence-corrected chi connectivity index (χ1v) is 7.21. The van der Waals surface area contributed by atoms with Gasteiger partial charge in [-0.2, -0.15) is 13.2 Å². The summed E-state index contributed by atoms with van der Waals surface area (Å²) in [6.45, 7) is 3.63. The molecule has 1 fully saturated rings. The minimum absolute atomic E-state index is 0.393. The third-order valence-electron chi connectivity index (χ3n) is 3.33.